The van der Waals surface area contributed by atoms with Crippen molar-refractivity contribution >= 4 is 15.7 Å². The van der Waals surface area contributed by atoms with Crippen LogP contribution in [0.1, 0.15) is 49.7 Å². The predicted molar refractivity (Wildman–Crippen MR) is 95.7 cm³/mol. The number of hydrogen-bond donors (Lipinski definition) is 1. The fourth-order valence-corrected chi connectivity index (χ4v) is 6.09. The molecule has 0 spiro atoms. The highest BCUT2D eigenvalue weighted by molar-refractivity contribution is 7.91. The minimum Gasteiger partial charge on any atom is -0.355 e. The van der Waals surface area contributed by atoms with Crippen LogP contribution in [-0.4, -0.2) is 32.4 Å². The molecule has 5 heteroatoms. The molecule has 1 N–H and O–H groups in total. The van der Waals surface area contributed by atoms with Gasteiger partial charge >= 0.3 is 0 Å². The Kier molecular flexibility index (Phi) is 5.00. The van der Waals surface area contributed by atoms with E-state index >= 15 is 0 Å². The first-order valence-corrected chi connectivity index (χ1v) is 10.8. The number of amides is 1. The third kappa shape index (κ3) is 4.00. The van der Waals surface area contributed by atoms with Crippen molar-refractivity contribution in [3.63, 3.8) is 0 Å². The number of benzene rings is 1. The second-order valence-electron chi connectivity index (χ2n) is 7.61. The molecule has 132 valence electrons. The summed E-state index contributed by atoms with van der Waals surface area (Å²) in [5.74, 6) is 0.395. The average Bonchev–Trinajstić information content (AvgIpc) is 3.13. The van der Waals surface area contributed by atoms with E-state index in [1.807, 2.05) is 0 Å². The Hall–Kier alpha value is -1.36. The van der Waals surface area contributed by atoms with Crippen molar-refractivity contribution in [3.8, 4) is 0 Å². The van der Waals surface area contributed by atoms with Crippen molar-refractivity contribution in [1.29, 1.82) is 0 Å². The summed E-state index contributed by atoms with van der Waals surface area (Å²) < 4.78 is 23.1. The first-order chi connectivity index (χ1) is 11.4. The molecular formula is C19H27NO3S. The van der Waals surface area contributed by atoms with Crippen LogP contribution in [0.25, 0.3) is 0 Å². The van der Waals surface area contributed by atoms with Gasteiger partial charge < -0.3 is 5.32 Å². The van der Waals surface area contributed by atoms with Crippen LogP contribution < -0.4 is 5.32 Å². The smallest absolute Gasteiger partial charge is 0.220 e. The van der Waals surface area contributed by atoms with E-state index in [1.165, 1.54) is 24.0 Å². The third-order valence-corrected chi connectivity index (χ3v) is 7.45. The molecule has 0 unspecified atom stereocenters. The Labute approximate surface area is 145 Å². The maximum Gasteiger partial charge on any atom is 0.220 e. The maximum atomic E-state index is 12.3. The Morgan fingerprint density at radius 3 is 2.67 bits per heavy atom. The molecule has 1 atom stereocenters. The van der Waals surface area contributed by atoms with Crippen LogP contribution in [-0.2, 0) is 20.0 Å². The van der Waals surface area contributed by atoms with Gasteiger partial charge in [0.05, 0.1) is 11.5 Å². The molecule has 0 aromatic heterocycles. The lowest BCUT2D eigenvalue weighted by Crippen LogP contribution is -2.39. The Balaban J connectivity index is 1.61. The lowest BCUT2D eigenvalue weighted by atomic mass is 9.78. The van der Waals surface area contributed by atoms with E-state index in [0.29, 0.717) is 19.4 Å². The molecule has 4 nitrogen and oxygen atoms in total. The van der Waals surface area contributed by atoms with Crippen molar-refractivity contribution in [2.75, 3.05) is 18.1 Å². The molecule has 1 aromatic rings. The quantitative estimate of drug-likeness (QED) is 0.889. The van der Waals surface area contributed by atoms with Crippen LogP contribution in [0.3, 0.4) is 0 Å². The lowest BCUT2D eigenvalue weighted by Gasteiger charge is -2.30. The van der Waals surface area contributed by atoms with E-state index in [4.69, 9.17) is 0 Å². The van der Waals surface area contributed by atoms with Crippen LogP contribution in [0.15, 0.2) is 24.3 Å². The van der Waals surface area contributed by atoms with E-state index in [-0.39, 0.29) is 28.7 Å². The molecule has 1 amide bonds. The predicted octanol–water partition coefficient (Wildman–Crippen LogP) is 2.75. The summed E-state index contributed by atoms with van der Waals surface area (Å²) >= 11 is 0. The fraction of sp³-hybridized carbons (Fsp3) is 0.632. The molecule has 3 rings (SSSR count). The van der Waals surface area contributed by atoms with Crippen LogP contribution in [0.2, 0.25) is 0 Å². The third-order valence-electron chi connectivity index (χ3n) is 5.62. The van der Waals surface area contributed by atoms with Crippen LogP contribution in [0, 0.1) is 12.8 Å². The number of sulfone groups is 1. The second kappa shape index (κ2) is 6.87. The monoisotopic (exact) mass is 349 g/mol. The Morgan fingerprint density at radius 1 is 1.29 bits per heavy atom. The van der Waals surface area contributed by atoms with Crippen molar-refractivity contribution < 1.29 is 13.2 Å². The highest BCUT2D eigenvalue weighted by atomic mass is 32.2. The first kappa shape index (κ1) is 17.5. The molecule has 0 bridgehead atoms. The molecule has 1 saturated carbocycles. The van der Waals surface area contributed by atoms with Gasteiger partial charge in [-0.3, -0.25) is 4.79 Å². The topological polar surface area (TPSA) is 63.2 Å². The van der Waals surface area contributed by atoms with Crippen molar-refractivity contribution in [1.82, 2.24) is 5.32 Å². The van der Waals surface area contributed by atoms with Crippen LogP contribution in [0.4, 0.5) is 0 Å². The summed E-state index contributed by atoms with van der Waals surface area (Å²) in [6.07, 6.45) is 5.57. The van der Waals surface area contributed by atoms with Crippen LogP contribution in [0.5, 0.6) is 0 Å². The van der Waals surface area contributed by atoms with Gasteiger partial charge in [-0.15, -0.1) is 0 Å². The average molecular weight is 349 g/mol. The molecule has 1 heterocycles. The summed E-state index contributed by atoms with van der Waals surface area (Å²) in [5.41, 5.74) is 2.62. The number of carbonyl (C=O) groups is 1. The molecule has 1 aliphatic heterocycles. The lowest BCUT2D eigenvalue weighted by molar-refractivity contribution is -0.122. The van der Waals surface area contributed by atoms with Crippen molar-refractivity contribution in [2.45, 2.75) is 50.9 Å². The molecule has 1 aliphatic carbocycles. The first-order valence-electron chi connectivity index (χ1n) is 8.93. The van der Waals surface area contributed by atoms with E-state index in [1.54, 1.807) is 0 Å². The molecule has 0 radical (unpaired) electrons. The number of aryl methyl sites for hydroxylation is 1. The van der Waals surface area contributed by atoms with Gasteiger partial charge in [0.15, 0.2) is 9.84 Å². The van der Waals surface area contributed by atoms with Gasteiger partial charge in [-0.05, 0) is 37.7 Å². The molecule has 2 fully saturated rings. The number of carbonyl (C=O) groups excluding carboxylic acids is 1. The second-order valence-corrected chi connectivity index (χ2v) is 9.84. The summed E-state index contributed by atoms with van der Waals surface area (Å²) in [7, 11) is -2.91. The van der Waals surface area contributed by atoms with Gasteiger partial charge in [0, 0.05) is 18.4 Å². The van der Waals surface area contributed by atoms with E-state index < -0.39 is 9.84 Å². The highest BCUT2D eigenvalue weighted by Crippen LogP contribution is 2.40. The van der Waals surface area contributed by atoms with E-state index in [9.17, 15) is 13.2 Å². The highest BCUT2D eigenvalue weighted by Gasteiger charge is 2.36. The minimum atomic E-state index is -2.91. The summed E-state index contributed by atoms with van der Waals surface area (Å²) in [6.45, 7) is 2.76. The molecule has 24 heavy (non-hydrogen) atoms. The Morgan fingerprint density at radius 2 is 2.04 bits per heavy atom. The number of rotatable bonds is 5. The standard InChI is InChI=1S/C19H27NO3S/c1-15-5-4-6-17(11-15)19(8-2-3-9-19)14-20-18(21)12-16-7-10-24(22,23)13-16/h4-6,11,16H,2-3,7-10,12-14H2,1H3,(H,20,21)/t16-/m0/s1. The summed E-state index contributed by atoms with van der Waals surface area (Å²) in [4.78, 5) is 12.3. The molecule has 1 saturated heterocycles. The summed E-state index contributed by atoms with van der Waals surface area (Å²) in [6, 6.07) is 8.61. The minimum absolute atomic E-state index is 0.00368. The van der Waals surface area contributed by atoms with E-state index in [2.05, 4.69) is 36.5 Å². The molecule has 1 aromatic carbocycles. The zero-order valence-corrected chi connectivity index (χ0v) is 15.2. The van der Waals surface area contributed by atoms with Gasteiger partial charge in [-0.2, -0.15) is 0 Å². The van der Waals surface area contributed by atoms with Gasteiger partial charge in [-0.25, -0.2) is 8.42 Å². The Bertz CT molecular complexity index is 705. The normalized spacial score (nSPS) is 24.8. The largest absolute Gasteiger partial charge is 0.355 e. The SMILES string of the molecule is Cc1cccc(C2(CNC(=O)C[C@@H]3CCS(=O)(=O)C3)CCCC2)c1. The van der Waals surface area contributed by atoms with Crippen molar-refractivity contribution in [2.24, 2.45) is 5.92 Å². The zero-order chi connectivity index (χ0) is 17.2. The zero-order valence-electron chi connectivity index (χ0n) is 14.4. The van der Waals surface area contributed by atoms with Gasteiger partial charge in [0.25, 0.3) is 0 Å². The van der Waals surface area contributed by atoms with E-state index in [0.717, 1.165) is 12.8 Å². The molecular weight excluding hydrogens is 322 g/mol. The number of hydrogen-bond acceptors (Lipinski definition) is 3. The van der Waals surface area contributed by atoms with Gasteiger partial charge in [0.1, 0.15) is 0 Å². The molecule has 2 aliphatic rings. The maximum absolute atomic E-state index is 12.3. The van der Waals surface area contributed by atoms with Gasteiger partial charge in [-0.1, -0.05) is 42.7 Å². The van der Waals surface area contributed by atoms with Gasteiger partial charge in [0.2, 0.25) is 5.91 Å². The van der Waals surface area contributed by atoms with Crippen LogP contribution >= 0.6 is 0 Å². The summed E-state index contributed by atoms with van der Waals surface area (Å²) in [5, 5.41) is 3.10. The fourth-order valence-electron chi connectivity index (χ4n) is 4.23. The van der Waals surface area contributed by atoms with Crippen molar-refractivity contribution in [3.05, 3.63) is 35.4 Å². The number of nitrogens with one attached hydrogen (secondary N) is 1.